The van der Waals surface area contributed by atoms with Crippen molar-refractivity contribution in [3.8, 4) is 28.5 Å². The van der Waals surface area contributed by atoms with Crippen LogP contribution in [0.5, 0.6) is 5.88 Å². The molecule has 0 atom stereocenters. The van der Waals surface area contributed by atoms with Crippen molar-refractivity contribution < 1.29 is 17.9 Å². The van der Waals surface area contributed by atoms with Crippen LogP contribution in [0.4, 0.5) is 5.82 Å². The number of nitrogens with one attached hydrogen (secondary N) is 1. The average Bonchev–Trinajstić information content (AvgIpc) is 3.33. The van der Waals surface area contributed by atoms with Gasteiger partial charge in [-0.1, -0.05) is 6.92 Å². The zero-order valence-corrected chi connectivity index (χ0v) is 25.3. The lowest BCUT2D eigenvalue weighted by Gasteiger charge is -2.33. The molecule has 0 bridgehead atoms. The van der Waals surface area contributed by atoms with E-state index in [4.69, 9.17) is 14.5 Å². The molecule has 0 aromatic carbocycles. The Balaban J connectivity index is 1.43. The SMILES string of the molecule is CCN1CCN(S(=O)(=O)c2cnc(OCCOC)c(-c3nc4c(-c5ccc(N6CCC6)nc5)n(C)nc4c(=O)[nH]3)c2)CC1. The third-order valence-corrected chi connectivity index (χ3v) is 9.78. The number of aromatic nitrogens is 6. The summed E-state index contributed by atoms with van der Waals surface area (Å²) in [6.07, 6.45) is 4.18. The lowest BCUT2D eigenvalue weighted by Crippen LogP contribution is -2.48. The Hall–Kier alpha value is -3.92. The van der Waals surface area contributed by atoms with Crippen molar-refractivity contribution in [3.05, 3.63) is 40.9 Å². The van der Waals surface area contributed by atoms with Crippen molar-refractivity contribution in [2.24, 2.45) is 7.05 Å². The summed E-state index contributed by atoms with van der Waals surface area (Å²) < 4.78 is 41.3. The number of aromatic amines is 1. The van der Waals surface area contributed by atoms with E-state index in [0.717, 1.165) is 37.4 Å². The van der Waals surface area contributed by atoms with E-state index in [1.165, 1.54) is 16.6 Å². The summed E-state index contributed by atoms with van der Waals surface area (Å²) in [7, 11) is -0.568. The van der Waals surface area contributed by atoms with Gasteiger partial charge in [0.2, 0.25) is 15.9 Å². The van der Waals surface area contributed by atoms with Gasteiger partial charge in [0, 0.05) is 65.2 Å². The average molecular weight is 610 g/mol. The Kier molecular flexibility index (Phi) is 8.13. The van der Waals surface area contributed by atoms with Crippen LogP contribution in [0.2, 0.25) is 0 Å². The highest BCUT2D eigenvalue weighted by atomic mass is 32.2. The van der Waals surface area contributed by atoms with E-state index >= 15 is 0 Å². The second kappa shape index (κ2) is 12.0. The molecule has 43 heavy (non-hydrogen) atoms. The zero-order chi connectivity index (χ0) is 30.1. The van der Waals surface area contributed by atoms with Crippen LogP contribution in [0.15, 0.2) is 40.3 Å². The molecule has 2 fully saturated rings. The van der Waals surface area contributed by atoms with E-state index in [9.17, 15) is 13.2 Å². The Morgan fingerprint density at radius 3 is 2.44 bits per heavy atom. The van der Waals surface area contributed by atoms with Gasteiger partial charge in [-0.05, 0) is 31.2 Å². The third kappa shape index (κ3) is 5.60. The predicted octanol–water partition coefficient (Wildman–Crippen LogP) is 1.34. The van der Waals surface area contributed by atoms with Gasteiger partial charge in [0.15, 0.2) is 5.52 Å². The van der Waals surface area contributed by atoms with Gasteiger partial charge in [0.25, 0.3) is 5.56 Å². The number of H-pyrrole nitrogens is 1. The maximum Gasteiger partial charge on any atom is 0.279 e. The summed E-state index contributed by atoms with van der Waals surface area (Å²) in [5, 5.41) is 4.43. The fourth-order valence-electron chi connectivity index (χ4n) is 5.30. The van der Waals surface area contributed by atoms with Crippen molar-refractivity contribution in [1.29, 1.82) is 0 Å². The fraction of sp³-hybridized carbons (Fsp3) is 0.464. The van der Waals surface area contributed by atoms with Crippen LogP contribution >= 0.6 is 0 Å². The molecule has 0 saturated carbocycles. The predicted molar refractivity (Wildman–Crippen MR) is 161 cm³/mol. The number of sulfonamides is 1. The van der Waals surface area contributed by atoms with Crippen LogP contribution in [0.3, 0.4) is 0 Å². The molecular formula is C28H35N9O5S. The van der Waals surface area contributed by atoms with Crippen molar-refractivity contribution >= 4 is 26.9 Å². The molecule has 2 aliphatic heterocycles. The van der Waals surface area contributed by atoms with Crippen molar-refractivity contribution in [2.75, 3.05) is 71.0 Å². The quantitative estimate of drug-likeness (QED) is 0.259. The number of aryl methyl sites for hydroxylation is 1. The van der Waals surface area contributed by atoms with Crippen molar-refractivity contribution in [2.45, 2.75) is 18.2 Å². The largest absolute Gasteiger partial charge is 0.475 e. The van der Waals surface area contributed by atoms with E-state index in [1.807, 2.05) is 12.1 Å². The molecule has 0 spiro atoms. The number of pyridine rings is 2. The number of fused-ring (bicyclic) bond motifs is 1. The van der Waals surface area contributed by atoms with Crippen molar-refractivity contribution in [1.82, 2.24) is 38.9 Å². The number of methoxy groups -OCH3 is 1. The highest BCUT2D eigenvalue weighted by Crippen LogP contribution is 2.32. The minimum Gasteiger partial charge on any atom is -0.475 e. The minimum absolute atomic E-state index is 0.00789. The number of ether oxygens (including phenoxy) is 2. The Morgan fingerprint density at radius 1 is 1.00 bits per heavy atom. The standard InChI is InChI=1S/C28H35N9O5S/c1-4-35-10-12-37(13-11-35)43(39,40)20-16-21(28(30-18-20)42-15-14-41-3)26-31-23-24(27(38)32-26)33-34(2)25(23)19-6-7-22(29-17-19)36-8-5-9-36/h6-7,16-18H,4-5,8-15H2,1-3H3,(H,31,32,38). The van der Waals surface area contributed by atoms with Crippen LogP contribution in [-0.2, 0) is 21.8 Å². The molecule has 15 heteroatoms. The van der Waals surface area contributed by atoms with Gasteiger partial charge < -0.3 is 24.3 Å². The summed E-state index contributed by atoms with van der Waals surface area (Å²) >= 11 is 0. The Bertz CT molecular complexity index is 1780. The highest BCUT2D eigenvalue weighted by molar-refractivity contribution is 7.89. The van der Waals surface area contributed by atoms with E-state index < -0.39 is 15.6 Å². The number of hydrogen-bond acceptors (Lipinski definition) is 11. The van der Waals surface area contributed by atoms with Crippen LogP contribution in [-0.4, -0.2) is 113 Å². The topological polar surface area (TPSA) is 152 Å². The summed E-state index contributed by atoms with van der Waals surface area (Å²) in [4.78, 5) is 34.2. The maximum atomic E-state index is 13.7. The number of rotatable bonds is 10. The summed E-state index contributed by atoms with van der Waals surface area (Å²) in [6, 6.07) is 5.34. The molecular weight excluding hydrogens is 574 g/mol. The van der Waals surface area contributed by atoms with Gasteiger partial charge in [-0.25, -0.2) is 23.4 Å². The maximum absolute atomic E-state index is 13.7. The first-order chi connectivity index (χ1) is 20.8. The number of likely N-dealkylation sites (N-methyl/N-ethyl adjacent to an activating group) is 1. The number of anilines is 1. The van der Waals surface area contributed by atoms with Crippen LogP contribution in [0.1, 0.15) is 13.3 Å². The molecule has 14 nitrogen and oxygen atoms in total. The van der Waals surface area contributed by atoms with Crippen LogP contribution in [0.25, 0.3) is 33.7 Å². The van der Waals surface area contributed by atoms with E-state index in [2.05, 4.69) is 36.8 Å². The summed E-state index contributed by atoms with van der Waals surface area (Å²) in [6.45, 7) is 7.39. The molecule has 6 rings (SSSR count). The molecule has 0 radical (unpaired) electrons. The van der Waals surface area contributed by atoms with E-state index in [1.54, 1.807) is 25.0 Å². The zero-order valence-electron chi connectivity index (χ0n) is 24.5. The molecule has 2 saturated heterocycles. The Labute approximate surface area is 249 Å². The molecule has 0 amide bonds. The molecule has 228 valence electrons. The normalized spacial score (nSPS) is 16.5. The molecule has 6 heterocycles. The van der Waals surface area contributed by atoms with Gasteiger partial charge in [-0.3, -0.25) is 9.48 Å². The third-order valence-electron chi connectivity index (χ3n) is 7.92. The van der Waals surface area contributed by atoms with Gasteiger partial charge in [-0.2, -0.15) is 9.40 Å². The number of hydrogen-bond donors (Lipinski definition) is 1. The smallest absolute Gasteiger partial charge is 0.279 e. The fourth-order valence-corrected chi connectivity index (χ4v) is 6.70. The van der Waals surface area contributed by atoms with E-state index in [-0.39, 0.29) is 34.3 Å². The molecule has 4 aromatic heterocycles. The number of piperazine rings is 1. The van der Waals surface area contributed by atoms with Crippen molar-refractivity contribution in [3.63, 3.8) is 0 Å². The number of nitrogens with zero attached hydrogens (tertiary/aromatic N) is 8. The first-order valence-corrected chi connectivity index (χ1v) is 15.8. The summed E-state index contributed by atoms with van der Waals surface area (Å²) in [5.41, 5.74) is 1.63. The molecule has 2 aliphatic rings. The minimum atomic E-state index is -3.86. The van der Waals surface area contributed by atoms with Gasteiger partial charge >= 0.3 is 0 Å². The lowest BCUT2D eigenvalue weighted by atomic mass is 10.1. The van der Waals surface area contributed by atoms with Crippen LogP contribution < -0.4 is 15.2 Å². The van der Waals surface area contributed by atoms with E-state index in [0.29, 0.717) is 44.0 Å². The molecule has 0 aliphatic carbocycles. The monoisotopic (exact) mass is 609 g/mol. The molecule has 4 aromatic rings. The van der Waals surface area contributed by atoms with Gasteiger partial charge in [0.05, 0.1) is 24.1 Å². The second-order valence-corrected chi connectivity index (χ2v) is 12.5. The lowest BCUT2D eigenvalue weighted by molar-refractivity contribution is 0.144. The molecule has 1 N–H and O–H groups in total. The van der Waals surface area contributed by atoms with Gasteiger partial charge in [-0.15, -0.1) is 0 Å². The summed E-state index contributed by atoms with van der Waals surface area (Å²) in [5.74, 6) is 1.14. The highest BCUT2D eigenvalue weighted by Gasteiger charge is 2.30. The van der Waals surface area contributed by atoms with Gasteiger partial charge in [0.1, 0.15) is 28.7 Å². The molecule has 0 unspecified atom stereocenters. The Morgan fingerprint density at radius 2 is 1.79 bits per heavy atom. The first-order valence-electron chi connectivity index (χ1n) is 14.3. The second-order valence-electron chi connectivity index (χ2n) is 10.5. The first kappa shape index (κ1) is 29.2. The van der Waals surface area contributed by atoms with Crippen LogP contribution in [0, 0.1) is 0 Å².